The number of benzene rings is 1. The summed E-state index contributed by atoms with van der Waals surface area (Å²) in [5.74, 6) is 0.251. The standard InChI is InChI=1S/C15H24N2O5S/c1-5-6-9-16-15(18)11-17(2)23(19,20)14-10-12(21-3)7-8-13(14)22-4/h7-8,10H,5-6,9,11H2,1-4H3,(H,16,18). The number of sulfonamides is 1. The Bertz CT molecular complexity index is 631. The molecule has 23 heavy (non-hydrogen) atoms. The van der Waals surface area contributed by atoms with Crippen LogP contribution in [0.5, 0.6) is 11.5 Å². The number of carbonyl (C=O) groups excluding carboxylic acids is 1. The van der Waals surface area contributed by atoms with E-state index in [-0.39, 0.29) is 23.1 Å². The fourth-order valence-corrected chi connectivity index (χ4v) is 3.19. The molecular formula is C15H24N2O5S. The molecule has 0 aromatic heterocycles. The van der Waals surface area contributed by atoms with E-state index in [2.05, 4.69) is 5.32 Å². The monoisotopic (exact) mass is 344 g/mol. The first-order chi connectivity index (χ1) is 10.9. The highest BCUT2D eigenvalue weighted by Gasteiger charge is 2.27. The quantitative estimate of drug-likeness (QED) is 0.681. The third-order valence-electron chi connectivity index (χ3n) is 3.28. The van der Waals surface area contributed by atoms with Crippen LogP contribution in [0.25, 0.3) is 0 Å². The van der Waals surface area contributed by atoms with E-state index >= 15 is 0 Å². The summed E-state index contributed by atoms with van der Waals surface area (Å²) >= 11 is 0. The summed E-state index contributed by atoms with van der Waals surface area (Å²) in [5, 5.41) is 2.69. The highest BCUT2D eigenvalue weighted by atomic mass is 32.2. The van der Waals surface area contributed by atoms with Crippen LogP contribution in [0, 0.1) is 0 Å². The largest absolute Gasteiger partial charge is 0.497 e. The zero-order chi connectivity index (χ0) is 17.5. The molecule has 1 rings (SSSR count). The first-order valence-electron chi connectivity index (χ1n) is 7.31. The second-order valence-corrected chi connectivity index (χ2v) is 6.99. The van der Waals surface area contributed by atoms with Gasteiger partial charge in [-0.2, -0.15) is 4.31 Å². The van der Waals surface area contributed by atoms with Gasteiger partial charge in [-0.1, -0.05) is 13.3 Å². The Balaban J connectivity index is 2.95. The van der Waals surface area contributed by atoms with Crippen molar-refractivity contribution in [3.63, 3.8) is 0 Å². The van der Waals surface area contributed by atoms with Crippen LogP contribution in [0.2, 0.25) is 0 Å². The fourth-order valence-electron chi connectivity index (χ4n) is 1.90. The highest BCUT2D eigenvalue weighted by molar-refractivity contribution is 7.89. The topological polar surface area (TPSA) is 84.9 Å². The molecular weight excluding hydrogens is 320 g/mol. The summed E-state index contributed by atoms with van der Waals surface area (Å²) in [6.45, 7) is 2.29. The number of likely N-dealkylation sites (N-methyl/N-ethyl adjacent to an activating group) is 1. The first-order valence-corrected chi connectivity index (χ1v) is 8.75. The molecule has 0 bridgehead atoms. The van der Waals surface area contributed by atoms with Crippen LogP contribution >= 0.6 is 0 Å². The second kappa shape index (κ2) is 8.73. The molecule has 7 nitrogen and oxygen atoms in total. The summed E-state index contributed by atoms with van der Waals surface area (Å²) < 4.78 is 36.5. The summed E-state index contributed by atoms with van der Waals surface area (Å²) in [6, 6.07) is 4.50. The summed E-state index contributed by atoms with van der Waals surface area (Å²) in [5.41, 5.74) is 0. The molecule has 0 unspecified atom stereocenters. The molecule has 1 amide bonds. The van der Waals surface area contributed by atoms with Gasteiger partial charge in [-0.15, -0.1) is 0 Å². The number of nitrogens with zero attached hydrogens (tertiary/aromatic N) is 1. The summed E-state index contributed by atoms with van der Waals surface area (Å²) in [4.78, 5) is 11.8. The lowest BCUT2D eigenvalue weighted by atomic mass is 10.3. The smallest absolute Gasteiger partial charge is 0.247 e. The van der Waals surface area contributed by atoms with Gasteiger partial charge in [0.2, 0.25) is 15.9 Å². The van der Waals surface area contributed by atoms with E-state index in [1.807, 2.05) is 6.92 Å². The van der Waals surface area contributed by atoms with Gasteiger partial charge in [0.1, 0.15) is 16.4 Å². The Morgan fingerprint density at radius 3 is 2.52 bits per heavy atom. The third-order valence-corrected chi connectivity index (χ3v) is 5.10. The van der Waals surface area contributed by atoms with Crippen LogP contribution in [0.15, 0.2) is 23.1 Å². The average Bonchev–Trinajstić information content (AvgIpc) is 2.54. The molecule has 8 heteroatoms. The van der Waals surface area contributed by atoms with Crippen LogP contribution in [0.4, 0.5) is 0 Å². The molecule has 0 atom stereocenters. The van der Waals surface area contributed by atoms with Gasteiger partial charge >= 0.3 is 0 Å². The number of methoxy groups -OCH3 is 2. The zero-order valence-corrected chi connectivity index (χ0v) is 14.8. The van der Waals surface area contributed by atoms with E-state index in [0.717, 1.165) is 17.1 Å². The number of amides is 1. The minimum Gasteiger partial charge on any atom is -0.497 e. The zero-order valence-electron chi connectivity index (χ0n) is 14.0. The number of unbranched alkanes of at least 4 members (excludes halogenated alkanes) is 1. The van der Waals surface area contributed by atoms with Crippen molar-refractivity contribution in [3.05, 3.63) is 18.2 Å². The van der Waals surface area contributed by atoms with Gasteiger partial charge < -0.3 is 14.8 Å². The SMILES string of the molecule is CCCCNC(=O)CN(C)S(=O)(=O)c1cc(OC)ccc1OC. The van der Waals surface area contributed by atoms with Crippen molar-refractivity contribution in [2.24, 2.45) is 0 Å². The molecule has 1 aromatic carbocycles. The van der Waals surface area contributed by atoms with E-state index in [4.69, 9.17) is 9.47 Å². The van der Waals surface area contributed by atoms with Gasteiger partial charge in [-0.25, -0.2) is 8.42 Å². The number of hydrogen-bond acceptors (Lipinski definition) is 5. The van der Waals surface area contributed by atoms with E-state index in [1.165, 1.54) is 33.4 Å². The van der Waals surface area contributed by atoms with Crippen molar-refractivity contribution in [2.45, 2.75) is 24.7 Å². The Kier molecular flexibility index (Phi) is 7.31. The van der Waals surface area contributed by atoms with Gasteiger partial charge in [0.25, 0.3) is 0 Å². The maximum Gasteiger partial charge on any atom is 0.247 e. The predicted octanol–water partition coefficient (Wildman–Crippen LogP) is 1.24. The van der Waals surface area contributed by atoms with E-state index in [0.29, 0.717) is 12.3 Å². The molecule has 1 N–H and O–H groups in total. The van der Waals surface area contributed by atoms with Crippen LogP contribution in [-0.2, 0) is 14.8 Å². The Hall–Kier alpha value is -1.80. The Labute approximate surface area is 137 Å². The molecule has 0 saturated carbocycles. The fraction of sp³-hybridized carbons (Fsp3) is 0.533. The predicted molar refractivity (Wildman–Crippen MR) is 87.3 cm³/mol. The molecule has 0 spiro atoms. The van der Waals surface area contributed by atoms with E-state index in [9.17, 15) is 13.2 Å². The molecule has 0 saturated heterocycles. The number of nitrogens with one attached hydrogen (secondary N) is 1. The normalized spacial score (nSPS) is 11.3. The number of ether oxygens (including phenoxy) is 2. The maximum atomic E-state index is 12.7. The molecule has 130 valence electrons. The highest BCUT2D eigenvalue weighted by Crippen LogP contribution is 2.29. The minimum atomic E-state index is -3.87. The Morgan fingerprint density at radius 2 is 1.96 bits per heavy atom. The molecule has 1 aromatic rings. The van der Waals surface area contributed by atoms with Crippen LogP contribution < -0.4 is 14.8 Å². The third kappa shape index (κ3) is 5.11. The van der Waals surface area contributed by atoms with Gasteiger partial charge in [-0.05, 0) is 18.6 Å². The molecule has 0 heterocycles. The van der Waals surface area contributed by atoms with Crippen molar-refractivity contribution in [1.29, 1.82) is 0 Å². The van der Waals surface area contributed by atoms with Crippen molar-refractivity contribution in [2.75, 3.05) is 34.4 Å². The number of hydrogen-bond donors (Lipinski definition) is 1. The van der Waals surface area contributed by atoms with Crippen molar-refractivity contribution >= 4 is 15.9 Å². The van der Waals surface area contributed by atoms with Gasteiger partial charge in [0, 0.05) is 19.7 Å². The Morgan fingerprint density at radius 1 is 1.26 bits per heavy atom. The van der Waals surface area contributed by atoms with Gasteiger partial charge in [-0.3, -0.25) is 4.79 Å². The van der Waals surface area contributed by atoms with E-state index < -0.39 is 10.0 Å². The first kappa shape index (κ1) is 19.2. The molecule has 0 radical (unpaired) electrons. The number of rotatable bonds is 9. The van der Waals surface area contributed by atoms with Gasteiger partial charge in [0.05, 0.1) is 20.8 Å². The van der Waals surface area contributed by atoms with Crippen molar-refractivity contribution < 1.29 is 22.7 Å². The molecule has 0 aliphatic heterocycles. The lowest BCUT2D eigenvalue weighted by Gasteiger charge is -2.19. The maximum absolute atomic E-state index is 12.7. The van der Waals surface area contributed by atoms with Crippen molar-refractivity contribution in [3.8, 4) is 11.5 Å². The van der Waals surface area contributed by atoms with Crippen LogP contribution in [-0.4, -0.2) is 53.0 Å². The summed E-state index contributed by atoms with van der Waals surface area (Å²) in [6.07, 6.45) is 1.81. The lowest BCUT2D eigenvalue weighted by Crippen LogP contribution is -2.38. The molecule has 0 fully saturated rings. The minimum absolute atomic E-state index is 0.0387. The van der Waals surface area contributed by atoms with Crippen LogP contribution in [0.1, 0.15) is 19.8 Å². The molecule has 0 aliphatic rings. The lowest BCUT2D eigenvalue weighted by molar-refractivity contribution is -0.121. The second-order valence-electron chi connectivity index (χ2n) is 4.98. The van der Waals surface area contributed by atoms with Crippen molar-refractivity contribution in [1.82, 2.24) is 9.62 Å². The summed E-state index contributed by atoms with van der Waals surface area (Å²) in [7, 11) is 0.317. The van der Waals surface area contributed by atoms with Crippen LogP contribution in [0.3, 0.4) is 0 Å². The van der Waals surface area contributed by atoms with E-state index in [1.54, 1.807) is 6.07 Å². The number of carbonyl (C=O) groups is 1. The van der Waals surface area contributed by atoms with Gasteiger partial charge in [0.15, 0.2) is 0 Å². The molecule has 0 aliphatic carbocycles. The average molecular weight is 344 g/mol.